The lowest BCUT2D eigenvalue weighted by Gasteiger charge is -2.13. The molecule has 4 heteroatoms. The highest BCUT2D eigenvalue weighted by molar-refractivity contribution is 6.33. The fraction of sp³-hybridized carbons (Fsp3) is 0.545. The number of rotatable bonds is 3. The van der Waals surface area contributed by atoms with E-state index in [-0.39, 0.29) is 0 Å². The van der Waals surface area contributed by atoms with Gasteiger partial charge in [-0.3, -0.25) is 4.98 Å². The Morgan fingerprint density at radius 2 is 2.53 bits per heavy atom. The van der Waals surface area contributed by atoms with Crippen LogP contribution in [0.3, 0.4) is 0 Å². The van der Waals surface area contributed by atoms with Gasteiger partial charge in [-0.05, 0) is 25.8 Å². The van der Waals surface area contributed by atoms with E-state index in [9.17, 15) is 0 Å². The molecule has 0 spiro atoms. The molecule has 1 aromatic rings. The van der Waals surface area contributed by atoms with Gasteiger partial charge in [-0.25, -0.2) is 0 Å². The molecule has 15 heavy (non-hydrogen) atoms. The van der Waals surface area contributed by atoms with E-state index in [1.165, 1.54) is 0 Å². The van der Waals surface area contributed by atoms with Crippen molar-refractivity contribution in [2.75, 3.05) is 18.5 Å². The summed E-state index contributed by atoms with van der Waals surface area (Å²) < 4.78 is 5.52. The summed E-state index contributed by atoms with van der Waals surface area (Å²) in [5, 5.41) is 4.00. The number of hydrogen-bond donors (Lipinski definition) is 1. The van der Waals surface area contributed by atoms with E-state index in [1.807, 2.05) is 13.0 Å². The lowest BCUT2D eigenvalue weighted by atomic mass is 10.2. The zero-order valence-electron chi connectivity index (χ0n) is 8.79. The van der Waals surface area contributed by atoms with E-state index >= 15 is 0 Å². The number of aryl methyl sites for hydroxylation is 1. The molecule has 1 aliphatic rings. The topological polar surface area (TPSA) is 34.2 Å². The Kier molecular flexibility index (Phi) is 3.44. The summed E-state index contributed by atoms with van der Waals surface area (Å²) >= 11 is 6.11. The third-order valence-corrected chi connectivity index (χ3v) is 3.08. The molecule has 0 bridgehead atoms. The Morgan fingerprint density at radius 1 is 1.67 bits per heavy atom. The van der Waals surface area contributed by atoms with Crippen LogP contribution in [0.15, 0.2) is 12.3 Å². The van der Waals surface area contributed by atoms with Crippen LogP contribution < -0.4 is 5.32 Å². The van der Waals surface area contributed by atoms with Crippen LogP contribution in [0.5, 0.6) is 0 Å². The maximum absolute atomic E-state index is 6.11. The molecular formula is C11H15ClN2O. The van der Waals surface area contributed by atoms with Crippen molar-refractivity contribution < 1.29 is 4.74 Å². The van der Waals surface area contributed by atoms with Gasteiger partial charge in [-0.2, -0.15) is 0 Å². The second-order valence-corrected chi connectivity index (χ2v) is 4.15. The van der Waals surface area contributed by atoms with Gasteiger partial charge in [0, 0.05) is 19.3 Å². The van der Waals surface area contributed by atoms with Gasteiger partial charge in [0.2, 0.25) is 0 Å². The first-order valence-electron chi connectivity index (χ1n) is 5.24. The second kappa shape index (κ2) is 4.81. The Hall–Kier alpha value is -0.800. The molecule has 1 saturated heterocycles. The molecule has 0 aromatic carbocycles. The molecule has 0 unspecified atom stereocenters. The zero-order chi connectivity index (χ0) is 10.7. The number of pyridine rings is 1. The smallest absolute Gasteiger partial charge is 0.0849 e. The van der Waals surface area contributed by atoms with Crippen molar-refractivity contribution in [3.8, 4) is 0 Å². The minimum absolute atomic E-state index is 0.328. The largest absolute Gasteiger partial charge is 0.381 e. The fourth-order valence-corrected chi connectivity index (χ4v) is 1.89. The first-order chi connectivity index (χ1) is 7.27. The highest BCUT2D eigenvalue weighted by atomic mass is 35.5. The lowest BCUT2D eigenvalue weighted by molar-refractivity contribution is 0.120. The average Bonchev–Trinajstić information content (AvgIpc) is 2.73. The molecule has 1 N–H and O–H groups in total. The first-order valence-corrected chi connectivity index (χ1v) is 5.62. The maximum Gasteiger partial charge on any atom is 0.0849 e. The number of aromatic nitrogens is 1. The van der Waals surface area contributed by atoms with Crippen LogP contribution in [0.1, 0.15) is 18.5 Å². The van der Waals surface area contributed by atoms with Gasteiger partial charge in [0.05, 0.1) is 22.5 Å². The van der Waals surface area contributed by atoms with Gasteiger partial charge in [-0.15, -0.1) is 0 Å². The monoisotopic (exact) mass is 226 g/mol. The quantitative estimate of drug-likeness (QED) is 0.861. The summed E-state index contributed by atoms with van der Waals surface area (Å²) in [5.74, 6) is 0. The van der Waals surface area contributed by atoms with Crippen molar-refractivity contribution in [1.29, 1.82) is 0 Å². The maximum atomic E-state index is 6.11. The van der Waals surface area contributed by atoms with Crippen LogP contribution in [0.25, 0.3) is 0 Å². The molecular weight excluding hydrogens is 212 g/mol. The van der Waals surface area contributed by atoms with Crippen LogP contribution >= 0.6 is 11.6 Å². The van der Waals surface area contributed by atoms with Crippen LogP contribution in [-0.2, 0) is 4.74 Å². The average molecular weight is 227 g/mol. The van der Waals surface area contributed by atoms with Crippen molar-refractivity contribution in [1.82, 2.24) is 4.98 Å². The summed E-state index contributed by atoms with van der Waals surface area (Å²) in [6, 6.07) is 1.89. The van der Waals surface area contributed by atoms with Crippen LogP contribution in [0.4, 0.5) is 5.69 Å². The van der Waals surface area contributed by atoms with E-state index < -0.39 is 0 Å². The van der Waals surface area contributed by atoms with Gasteiger partial charge < -0.3 is 10.1 Å². The number of hydrogen-bond acceptors (Lipinski definition) is 3. The van der Waals surface area contributed by atoms with Crippen molar-refractivity contribution in [3.63, 3.8) is 0 Å². The SMILES string of the molecule is Cc1nccc(NC[C@H]2CCCO2)c1Cl. The molecule has 3 nitrogen and oxygen atoms in total. The van der Waals surface area contributed by atoms with Crippen LogP contribution in [-0.4, -0.2) is 24.2 Å². The summed E-state index contributed by atoms with van der Waals surface area (Å²) in [5.41, 5.74) is 1.80. The second-order valence-electron chi connectivity index (χ2n) is 3.77. The molecule has 0 saturated carbocycles. The Bertz CT molecular complexity index is 337. The van der Waals surface area contributed by atoms with E-state index in [1.54, 1.807) is 6.20 Å². The number of halogens is 1. The summed E-state index contributed by atoms with van der Waals surface area (Å²) in [7, 11) is 0. The van der Waals surface area contributed by atoms with E-state index in [0.717, 1.165) is 37.4 Å². The molecule has 1 atom stereocenters. The van der Waals surface area contributed by atoms with Crippen molar-refractivity contribution in [2.45, 2.75) is 25.9 Å². The third-order valence-electron chi connectivity index (χ3n) is 2.61. The lowest BCUT2D eigenvalue weighted by Crippen LogP contribution is -2.18. The van der Waals surface area contributed by atoms with Gasteiger partial charge in [0.25, 0.3) is 0 Å². The summed E-state index contributed by atoms with van der Waals surface area (Å²) in [6.45, 7) is 3.61. The predicted octanol–water partition coefficient (Wildman–Crippen LogP) is 2.63. The van der Waals surface area contributed by atoms with E-state index in [0.29, 0.717) is 11.1 Å². The molecule has 0 radical (unpaired) electrons. The molecule has 2 heterocycles. The highest BCUT2D eigenvalue weighted by Gasteiger charge is 2.15. The van der Waals surface area contributed by atoms with Gasteiger partial charge in [0.15, 0.2) is 0 Å². The number of nitrogens with zero attached hydrogens (tertiary/aromatic N) is 1. The van der Waals surface area contributed by atoms with Crippen molar-refractivity contribution in [2.24, 2.45) is 0 Å². The normalized spacial score (nSPS) is 20.5. The molecule has 82 valence electrons. The molecule has 1 aromatic heterocycles. The van der Waals surface area contributed by atoms with Gasteiger partial charge in [-0.1, -0.05) is 11.6 Å². The molecule has 0 aliphatic carbocycles. The molecule has 0 amide bonds. The van der Waals surface area contributed by atoms with Gasteiger partial charge >= 0.3 is 0 Å². The number of anilines is 1. The highest BCUT2D eigenvalue weighted by Crippen LogP contribution is 2.24. The predicted molar refractivity (Wildman–Crippen MR) is 61.4 cm³/mol. The van der Waals surface area contributed by atoms with Gasteiger partial charge in [0.1, 0.15) is 0 Å². The Balaban J connectivity index is 1.95. The Morgan fingerprint density at radius 3 is 3.27 bits per heavy atom. The number of nitrogens with one attached hydrogen (secondary N) is 1. The van der Waals surface area contributed by atoms with Crippen molar-refractivity contribution in [3.05, 3.63) is 23.0 Å². The molecule has 1 aliphatic heterocycles. The standard InChI is InChI=1S/C11H15ClN2O/c1-8-11(12)10(4-5-13-8)14-7-9-3-2-6-15-9/h4-5,9H,2-3,6-7H2,1H3,(H,13,14)/t9-/m1/s1. The summed E-state index contributed by atoms with van der Waals surface area (Å²) in [6.07, 6.45) is 4.39. The Labute approximate surface area is 94.8 Å². The zero-order valence-corrected chi connectivity index (χ0v) is 9.55. The number of ether oxygens (including phenoxy) is 1. The summed E-state index contributed by atoms with van der Waals surface area (Å²) in [4.78, 5) is 4.12. The van der Waals surface area contributed by atoms with E-state index in [4.69, 9.17) is 16.3 Å². The van der Waals surface area contributed by atoms with Crippen molar-refractivity contribution >= 4 is 17.3 Å². The van der Waals surface area contributed by atoms with Crippen LogP contribution in [0, 0.1) is 6.92 Å². The minimum Gasteiger partial charge on any atom is -0.381 e. The van der Waals surface area contributed by atoms with E-state index in [2.05, 4.69) is 10.3 Å². The van der Waals surface area contributed by atoms with Crippen LogP contribution in [0.2, 0.25) is 5.02 Å². The fourth-order valence-electron chi connectivity index (χ4n) is 1.71. The molecule has 1 fully saturated rings. The molecule has 2 rings (SSSR count). The first kappa shape index (κ1) is 10.7. The third kappa shape index (κ3) is 2.61. The minimum atomic E-state index is 0.328.